The van der Waals surface area contributed by atoms with Crippen molar-refractivity contribution in [2.75, 3.05) is 19.4 Å². The third-order valence-corrected chi connectivity index (χ3v) is 4.34. The van der Waals surface area contributed by atoms with Crippen molar-refractivity contribution in [1.29, 1.82) is 0 Å². The predicted octanol–water partition coefficient (Wildman–Crippen LogP) is 2.29. The van der Waals surface area contributed by atoms with Gasteiger partial charge in [-0.25, -0.2) is 0 Å². The molecule has 1 aromatic heterocycles. The fraction of sp³-hybridized carbons (Fsp3) is 0.400. The minimum absolute atomic E-state index is 0.0353. The summed E-state index contributed by atoms with van der Waals surface area (Å²) in [5.74, 6) is -0.650. The molecule has 136 valence electrons. The van der Waals surface area contributed by atoms with Crippen LogP contribution in [0.2, 0.25) is 0 Å². The Labute approximate surface area is 146 Å². The second kappa shape index (κ2) is 8.24. The molecule has 1 N–H and O–H groups in total. The number of hydrogen-bond donors (Lipinski definition) is 1. The number of methoxy groups -OCH3 is 1. The van der Waals surface area contributed by atoms with Gasteiger partial charge in [-0.15, -0.1) is 10.2 Å². The molecule has 0 bridgehead atoms. The van der Waals surface area contributed by atoms with E-state index in [1.165, 1.54) is 7.05 Å². The first-order chi connectivity index (χ1) is 11.8. The Bertz CT molecular complexity index is 717. The number of nitrogens with zero attached hydrogens (tertiary/aromatic N) is 3. The first kappa shape index (κ1) is 19.1. The van der Waals surface area contributed by atoms with Crippen LogP contribution in [0.5, 0.6) is 5.75 Å². The van der Waals surface area contributed by atoms with Crippen molar-refractivity contribution in [3.05, 3.63) is 35.7 Å². The van der Waals surface area contributed by atoms with Crippen LogP contribution >= 0.6 is 11.8 Å². The lowest BCUT2D eigenvalue weighted by atomic mass is 10.1. The van der Waals surface area contributed by atoms with Gasteiger partial charge in [0.1, 0.15) is 5.75 Å². The van der Waals surface area contributed by atoms with Gasteiger partial charge in [-0.3, -0.25) is 4.79 Å². The number of halogens is 3. The molecule has 25 heavy (non-hydrogen) atoms. The smallest absolute Gasteiger partial charge is 0.451 e. The largest absolute Gasteiger partial charge is 0.497 e. The number of aromatic nitrogens is 3. The van der Waals surface area contributed by atoms with Gasteiger partial charge in [0.25, 0.3) is 0 Å². The first-order valence-electron chi connectivity index (χ1n) is 7.30. The van der Waals surface area contributed by atoms with E-state index in [1.54, 1.807) is 7.11 Å². The molecular formula is C15H17F3N4O2S. The van der Waals surface area contributed by atoms with Crippen LogP contribution in [0.4, 0.5) is 13.2 Å². The van der Waals surface area contributed by atoms with Gasteiger partial charge < -0.3 is 14.6 Å². The first-order valence-corrected chi connectivity index (χ1v) is 8.29. The van der Waals surface area contributed by atoms with Crippen LogP contribution < -0.4 is 10.1 Å². The van der Waals surface area contributed by atoms with Crippen molar-refractivity contribution in [3.63, 3.8) is 0 Å². The van der Waals surface area contributed by atoms with Crippen LogP contribution in [-0.4, -0.2) is 40.1 Å². The molecule has 1 heterocycles. The van der Waals surface area contributed by atoms with Crippen LogP contribution in [0.3, 0.4) is 0 Å². The highest BCUT2D eigenvalue weighted by Crippen LogP contribution is 2.29. The van der Waals surface area contributed by atoms with E-state index in [-0.39, 0.29) is 16.8 Å². The molecule has 0 aliphatic rings. The lowest BCUT2D eigenvalue weighted by molar-refractivity contribution is -0.147. The fourth-order valence-corrected chi connectivity index (χ4v) is 2.75. The summed E-state index contributed by atoms with van der Waals surface area (Å²) >= 11 is 0.904. The summed E-state index contributed by atoms with van der Waals surface area (Å²) in [5.41, 5.74) is 1.04. The average Bonchev–Trinajstić information content (AvgIpc) is 2.94. The molecule has 1 aromatic carbocycles. The topological polar surface area (TPSA) is 69.0 Å². The highest BCUT2D eigenvalue weighted by atomic mass is 32.2. The minimum atomic E-state index is -4.57. The Morgan fingerprint density at radius 3 is 2.52 bits per heavy atom. The maximum absolute atomic E-state index is 12.6. The number of amides is 1. The SMILES string of the molecule is COc1ccc(CCNC(=O)CSc2nnc(C(F)(F)F)n2C)cc1. The van der Waals surface area contributed by atoms with Crippen LogP contribution in [-0.2, 0) is 24.4 Å². The molecule has 0 atom stereocenters. The summed E-state index contributed by atoms with van der Waals surface area (Å²) in [6.45, 7) is 0.429. The molecular weight excluding hydrogens is 357 g/mol. The molecule has 0 fully saturated rings. The quantitative estimate of drug-likeness (QED) is 0.753. The van der Waals surface area contributed by atoms with Crippen LogP contribution in [0.15, 0.2) is 29.4 Å². The standard InChI is InChI=1S/C15H17F3N4O2S/c1-22-13(15(16,17)18)20-21-14(22)25-9-12(23)19-8-7-10-3-5-11(24-2)6-4-10/h3-6H,7-9H2,1-2H3,(H,19,23). The molecule has 0 saturated carbocycles. The van der Waals surface area contributed by atoms with Gasteiger partial charge in [-0.05, 0) is 24.1 Å². The van der Waals surface area contributed by atoms with Crippen molar-refractivity contribution in [1.82, 2.24) is 20.1 Å². The number of nitrogens with one attached hydrogen (secondary N) is 1. The van der Waals surface area contributed by atoms with E-state index in [0.29, 0.717) is 13.0 Å². The zero-order valence-corrected chi connectivity index (χ0v) is 14.4. The Morgan fingerprint density at radius 1 is 1.28 bits per heavy atom. The maximum atomic E-state index is 12.6. The fourth-order valence-electron chi connectivity index (χ4n) is 2.01. The second-order valence-electron chi connectivity index (χ2n) is 5.10. The molecule has 1 amide bonds. The number of hydrogen-bond acceptors (Lipinski definition) is 5. The van der Waals surface area contributed by atoms with Crippen molar-refractivity contribution in [3.8, 4) is 5.75 Å². The van der Waals surface area contributed by atoms with Crippen molar-refractivity contribution in [2.24, 2.45) is 7.05 Å². The number of ether oxygens (including phenoxy) is 1. The van der Waals surface area contributed by atoms with Crippen molar-refractivity contribution < 1.29 is 22.7 Å². The van der Waals surface area contributed by atoms with Gasteiger partial charge in [0.05, 0.1) is 12.9 Å². The molecule has 0 aliphatic heterocycles. The van der Waals surface area contributed by atoms with Gasteiger partial charge in [0, 0.05) is 13.6 Å². The molecule has 0 radical (unpaired) electrons. The molecule has 0 unspecified atom stereocenters. The summed E-state index contributed by atoms with van der Waals surface area (Å²) in [6.07, 6.45) is -3.93. The van der Waals surface area contributed by atoms with Gasteiger partial charge in [-0.1, -0.05) is 23.9 Å². The maximum Gasteiger partial charge on any atom is 0.451 e. The summed E-state index contributed by atoms with van der Waals surface area (Å²) in [5, 5.41) is 9.32. The third kappa shape index (κ3) is 5.38. The molecule has 6 nitrogen and oxygen atoms in total. The van der Waals surface area contributed by atoms with E-state index in [4.69, 9.17) is 4.74 Å². The minimum Gasteiger partial charge on any atom is -0.497 e. The van der Waals surface area contributed by atoms with E-state index < -0.39 is 12.0 Å². The van der Waals surface area contributed by atoms with Crippen LogP contribution in [0, 0.1) is 0 Å². The molecule has 0 spiro atoms. The van der Waals surface area contributed by atoms with E-state index in [9.17, 15) is 18.0 Å². The Balaban J connectivity index is 1.76. The lowest BCUT2D eigenvalue weighted by Crippen LogP contribution is -2.27. The van der Waals surface area contributed by atoms with Crippen LogP contribution in [0.25, 0.3) is 0 Å². The van der Waals surface area contributed by atoms with E-state index in [2.05, 4.69) is 15.5 Å². The number of rotatable bonds is 7. The molecule has 0 saturated heterocycles. The van der Waals surface area contributed by atoms with Crippen molar-refractivity contribution >= 4 is 17.7 Å². The second-order valence-corrected chi connectivity index (χ2v) is 6.04. The number of thioether (sulfide) groups is 1. The highest BCUT2D eigenvalue weighted by Gasteiger charge is 2.37. The van der Waals surface area contributed by atoms with Gasteiger partial charge in [0.15, 0.2) is 5.16 Å². The lowest BCUT2D eigenvalue weighted by Gasteiger charge is -2.07. The van der Waals surface area contributed by atoms with Crippen molar-refractivity contribution in [2.45, 2.75) is 17.8 Å². The number of alkyl halides is 3. The zero-order valence-electron chi connectivity index (χ0n) is 13.6. The Kier molecular flexibility index (Phi) is 6.29. The van der Waals surface area contributed by atoms with Gasteiger partial charge in [0.2, 0.25) is 11.7 Å². The Hall–Kier alpha value is -2.23. The predicted molar refractivity (Wildman–Crippen MR) is 86.4 cm³/mol. The number of benzene rings is 1. The van der Waals surface area contributed by atoms with E-state index >= 15 is 0 Å². The zero-order chi connectivity index (χ0) is 18.4. The molecule has 2 rings (SSSR count). The van der Waals surface area contributed by atoms with E-state index in [1.807, 2.05) is 24.3 Å². The summed E-state index contributed by atoms with van der Waals surface area (Å²) < 4.78 is 43.7. The summed E-state index contributed by atoms with van der Waals surface area (Å²) in [6, 6.07) is 7.47. The summed E-state index contributed by atoms with van der Waals surface area (Å²) in [7, 11) is 2.80. The molecule has 2 aromatic rings. The monoisotopic (exact) mass is 374 g/mol. The summed E-state index contributed by atoms with van der Waals surface area (Å²) in [4.78, 5) is 11.8. The highest BCUT2D eigenvalue weighted by molar-refractivity contribution is 7.99. The number of carbonyl (C=O) groups is 1. The molecule has 0 aliphatic carbocycles. The van der Waals surface area contributed by atoms with Crippen LogP contribution in [0.1, 0.15) is 11.4 Å². The average molecular weight is 374 g/mol. The molecule has 10 heteroatoms. The van der Waals surface area contributed by atoms with Gasteiger partial charge >= 0.3 is 6.18 Å². The number of carbonyl (C=O) groups excluding carboxylic acids is 1. The van der Waals surface area contributed by atoms with E-state index in [0.717, 1.165) is 27.6 Å². The normalized spacial score (nSPS) is 11.4. The third-order valence-electron chi connectivity index (χ3n) is 3.32. The Morgan fingerprint density at radius 2 is 1.96 bits per heavy atom. The van der Waals surface area contributed by atoms with Gasteiger partial charge in [-0.2, -0.15) is 13.2 Å².